The molecule has 0 N–H and O–H groups in total. The molecule has 1 aliphatic carbocycles. The molecule has 0 atom stereocenters. The Kier molecular flexibility index (Phi) is 4.91. The van der Waals surface area contributed by atoms with Gasteiger partial charge in [-0.15, -0.1) is 0 Å². The molecule has 1 fully saturated rings. The molecule has 0 aromatic carbocycles. The Balaban J connectivity index is 1.77. The van der Waals surface area contributed by atoms with Gasteiger partial charge in [-0.05, 0) is 30.4 Å². The van der Waals surface area contributed by atoms with E-state index in [1.807, 2.05) is 24.3 Å². The van der Waals surface area contributed by atoms with E-state index in [1.54, 1.807) is 0 Å². The predicted molar refractivity (Wildman–Crippen MR) is 77.0 cm³/mol. The van der Waals surface area contributed by atoms with E-state index in [-0.39, 0.29) is 11.4 Å². The minimum Gasteiger partial charge on any atom is -0.469 e. The zero-order valence-corrected chi connectivity index (χ0v) is 12.5. The Morgan fingerprint density at radius 2 is 2.37 bits per heavy atom. The average molecular weight is 282 g/mol. The normalized spacial score (nSPS) is 16.3. The Bertz CT molecular complexity index is 427. The lowest BCUT2D eigenvalue weighted by Crippen LogP contribution is -2.13. The van der Waals surface area contributed by atoms with Crippen molar-refractivity contribution in [2.24, 2.45) is 5.41 Å². The third kappa shape index (κ3) is 4.00. The summed E-state index contributed by atoms with van der Waals surface area (Å²) in [6, 6.07) is 0. The molecule has 1 saturated carbocycles. The van der Waals surface area contributed by atoms with E-state index in [0.29, 0.717) is 6.42 Å². The second kappa shape index (κ2) is 6.46. The van der Waals surface area contributed by atoms with E-state index in [4.69, 9.17) is 4.74 Å². The van der Waals surface area contributed by atoms with Gasteiger partial charge in [0, 0.05) is 24.2 Å². The van der Waals surface area contributed by atoms with Crippen molar-refractivity contribution in [2.75, 3.05) is 12.9 Å². The van der Waals surface area contributed by atoms with Crippen LogP contribution in [0, 0.1) is 5.41 Å². The maximum absolute atomic E-state index is 11.4. The molecule has 1 aromatic rings. The molecule has 1 heterocycles. The minimum absolute atomic E-state index is 0.0749. The number of ether oxygens (including phenoxy) is 1. The van der Waals surface area contributed by atoms with Crippen molar-refractivity contribution in [1.82, 2.24) is 9.55 Å². The maximum Gasteiger partial charge on any atom is 0.306 e. The Morgan fingerprint density at radius 1 is 1.58 bits per heavy atom. The van der Waals surface area contributed by atoms with Crippen LogP contribution in [0.15, 0.2) is 12.5 Å². The highest BCUT2D eigenvalue weighted by atomic mass is 32.2. The number of esters is 1. The summed E-state index contributed by atoms with van der Waals surface area (Å²) in [4.78, 5) is 15.6. The van der Waals surface area contributed by atoms with Crippen LogP contribution in [0.4, 0.5) is 0 Å². The monoisotopic (exact) mass is 282 g/mol. The molecule has 0 radical (unpaired) electrons. The summed E-state index contributed by atoms with van der Waals surface area (Å²) < 4.78 is 6.98. The van der Waals surface area contributed by atoms with Gasteiger partial charge >= 0.3 is 5.97 Å². The zero-order chi connectivity index (χ0) is 13.7. The third-order valence-electron chi connectivity index (χ3n) is 3.63. The van der Waals surface area contributed by atoms with Crippen LogP contribution in [0.5, 0.6) is 0 Å². The maximum atomic E-state index is 11.4. The average Bonchev–Trinajstić information content (AvgIpc) is 3.01. The molecule has 1 aliphatic rings. The van der Waals surface area contributed by atoms with Gasteiger partial charge in [0.15, 0.2) is 0 Å². The second-order valence-corrected chi connectivity index (χ2v) is 6.31. The number of carbonyl (C=O) groups excluding carboxylic acids is 1. The Morgan fingerprint density at radius 3 is 3.00 bits per heavy atom. The van der Waals surface area contributed by atoms with Crippen LogP contribution >= 0.6 is 11.8 Å². The van der Waals surface area contributed by atoms with Gasteiger partial charge in [-0.1, -0.05) is 6.92 Å². The molecule has 1 aromatic heterocycles. The van der Waals surface area contributed by atoms with Crippen LogP contribution in [0.3, 0.4) is 0 Å². The van der Waals surface area contributed by atoms with Crippen molar-refractivity contribution in [1.29, 1.82) is 0 Å². The molecule has 4 nitrogen and oxygen atoms in total. The highest BCUT2D eigenvalue weighted by Crippen LogP contribution is 2.51. The Hall–Kier alpha value is -0.970. The van der Waals surface area contributed by atoms with Crippen molar-refractivity contribution in [3.63, 3.8) is 0 Å². The standard InChI is InChI=1S/C14H22N2O2S/c1-3-6-16-11-15-8-12(16)9-19-10-14(4-5-14)7-13(17)18-2/h8,11H,3-7,9-10H2,1-2H3. The van der Waals surface area contributed by atoms with Crippen LogP contribution < -0.4 is 0 Å². The van der Waals surface area contributed by atoms with Crippen molar-refractivity contribution in [3.05, 3.63) is 18.2 Å². The fourth-order valence-corrected chi connectivity index (χ4v) is 3.59. The molecule has 19 heavy (non-hydrogen) atoms. The largest absolute Gasteiger partial charge is 0.469 e. The van der Waals surface area contributed by atoms with Crippen LogP contribution in [0.1, 0.15) is 38.3 Å². The molecule has 0 bridgehead atoms. The third-order valence-corrected chi connectivity index (χ3v) is 4.94. The highest BCUT2D eigenvalue weighted by molar-refractivity contribution is 7.98. The van der Waals surface area contributed by atoms with Gasteiger partial charge in [-0.3, -0.25) is 4.79 Å². The zero-order valence-electron chi connectivity index (χ0n) is 11.7. The lowest BCUT2D eigenvalue weighted by molar-refractivity contribution is -0.141. The van der Waals surface area contributed by atoms with Crippen LogP contribution in [-0.2, 0) is 21.8 Å². The van der Waals surface area contributed by atoms with E-state index in [0.717, 1.165) is 37.3 Å². The summed E-state index contributed by atoms with van der Waals surface area (Å²) in [5.41, 5.74) is 1.49. The predicted octanol–water partition coefficient (Wildman–Crippen LogP) is 2.87. The molecule has 0 spiro atoms. The van der Waals surface area contributed by atoms with Gasteiger partial charge in [-0.2, -0.15) is 11.8 Å². The van der Waals surface area contributed by atoms with Crippen molar-refractivity contribution in [3.8, 4) is 0 Å². The molecule has 2 rings (SSSR count). The highest BCUT2D eigenvalue weighted by Gasteiger charge is 2.44. The first kappa shape index (κ1) is 14.4. The number of methoxy groups -OCH3 is 1. The molecular formula is C14H22N2O2S. The van der Waals surface area contributed by atoms with Gasteiger partial charge in [-0.25, -0.2) is 4.98 Å². The van der Waals surface area contributed by atoms with Crippen molar-refractivity contribution in [2.45, 2.75) is 44.9 Å². The fourth-order valence-electron chi connectivity index (χ4n) is 2.21. The minimum atomic E-state index is -0.0749. The smallest absolute Gasteiger partial charge is 0.306 e. The van der Waals surface area contributed by atoms with Crippen LogP contribution in [0.25, 0.3) is 0 Å². The molecule has 5 heteroatoms. The number of carbonyl (C=O) groups is 1. The van der Waals surface area contributed by atoms with Gasteiger partial charge in [0.25, 0.3) is 0 Å². The number of hydrogen-bond donors (Lipinski definition) is 0. The number of rotatable bonds is 8. The molecule has 0 unspecified atom stereocenters. The number of nitrogens with zero attached hydrogens (tertiary/aromatic N) is 2. The first-order chi connectivity index (χ1) is 9.19. The molecule has 0 amide bonds. The summed E-state index contributed by atoms with van der Waals surface area (Å²) in [7, 11) is 1.47. The topological polar surface area (TPSA) is 44.1 Å². The van der Waals surface area contributed by atoms with Gasteiger partial charge in [0.2, 0.25) is 0 Å². The molecule has 0 saturated heterocycles. The first-order valence-electron chi connectivity index (χ1n) is 6.83. The first-order valence-corrected chi connectivity index (χ1v) is 7.98. The number of imidazole rings is 1. The quantitative estimate of drug-likeness (QED) is 0.688. The summed E-state index contributed by atoms with van der Waals surface area (Å²) in [5.74, 6) is 1.94. The van der Waals surface area contributed by atoms with Gasteiger partial charge in [0.05, 0.1) is 19.9 Å². The molecule has 0 aliphatic heterocycles. The van der Waals surface area contributed by atoms with E-state index in [9.17, 15) is 4.79 Å². The van der Waals surface area contributed by atoms with Crippen molar-refractivity contribution < 1.29 is 9.53 Å². The lowest BCUT2D eigenvalue weighted by Gasteiger charge is -2.13. The van der Waals surface area contributed by atoms with E-state index in [1.165, 1.54) is 12.8 Å². The summed E-state index contributed by atoms with van der Waals surface area (Å²) in [6.07, 6.45) is 7.86. The van der Waals surface area contributed by atoms with Crippen molar-refractivity contribution >= 4 is 17.7 Å². The van der Waals surface area contributed by atoms with Gasteiger partial charge < -0.3 is 9.30 Å². The lowest BCUT2D eigenvalue weighted by atomic mass is 10.1. The SMILES string of the molecule is CCCn1cncc1CSCC1(CC(=O)OC)CC1. The summed E-state index contributed by atoms with van der Waals surface area (Å²) >= 11 is 1.90. The Labute approximate surface area is 118 Å². The van der Waals surface area contributed by atoms with Crippen LogP contribution in [-0.4, -0.2) is 28.4 Å². The summed E-state index contributed by atoms with van der Waals surface area (Å²) in [6.45, 7) is 3.20. The number of aromatic nitrogens is 2. The van der Waals surface area contributed by atoms with E-state index < -0.39 is 0 Å². The number of thioether (sulfide) groups is 1. The second-order valence-electron chi connectivity index (χ2n) is 5.32. The summed E-state index contributed by atoms with van der Waals surface area (Å²) in [5, 5.41) is 0. The fraction of sp³-hybridized carbons (Fsp3) is 0.714. The molecule has 106 valence electrons. The number of hydrogen-bond acceptors (Lipinski definition) is 4. The van der Waals surface area contributed by atoms with E-state index in [2.05, 4.69) is 16.5 Å². The molecular weight excluding hydrogens is 260 g/mol. The van der Waals surface area contributed by atoms with Gasteiger partial charge in [0.1, 0.15) is 0 Å². The van der Waals surface area contributed by atoms with E-state index >= 15 is 0 Å². The van der Waals surface area contributed by atoms with Crippen LogP contribution in [0.2, 0.25) is 0 Å². The number of aryl methyl sites for hydroxylation is 1.